The van der Waals surface area contributed by atoms with E-state index in [1.807, 2.05) is 13.8 Å². The van der Waals surface area contributed by atoms with Crippen molar-refractivity contribution < 1.29 is 9.26 Å². The van der Waals surface area contributed by atoms with Gasteiger partial charge in [-0.1, -0.05) is 18.0 Å². The van der Waals surface area contributed by atoms with Gasteiger partial charge in [0.2, 0.25) is 11.7 Å². The summed E-state index contributed by atoms with van der Waals surface area (Å²) in [5.74, 6) is 1.23. The number of aromatic nitrogens is 2. The van der Waals surface area contributed by atoms with E-state index in [-0.39, 0.29) is 11.5 Å². The lowest BCUT2D eigenvalue weighted by atomic mass is 9.72. The zero-order valence-corrected chi connectivity index (χ0v) is 11.7. The number of methoxy groups -OCH3 is 1. The number of ether oxygens (including phenoxy) is 1. The summed E-state index contributed by atoms with van der Waals surface area (Å²) in [6.45, 7) is 5.96. The molecule has 1 aromatic heterocycles. The van der Waals surface area contributed by atoms with E-state index in [2.05, 4.69) is 17.1 Å². The Hall–Kier alpha value is -0.940. The summed E-state index contributed by atoms with van der Waals surface area (Å²) in [7, 11) is 1.64. The molecule has 5 nitrogen and oxygen atoms in total. The maximum atomic E-state index is 6.24. The monoisotopic (exact) mass is 253 g/mol. The standard InChI is InChI=1S/C13H23N3O2/c1-12(2,17-4)10-15-11(18-16-10)13(3)8-6-5-7-9(13)14/h9H,5-8,14H2,1-4H3. The molecule has 18 heavy (non-hydrogen) atoms. The first-order valence-electron chi connectivity index (χ1n) is 6.55. The molecule has 1 fully saturated rings. The molecular formula is C13H23N3O2. The fourth-order valence-electron chi connectivity index (χ4n) is 2.42. The molecule has 0 aliphatic heterocycles. The van der Waals surface area contributed by atoms with E-state index >= 15 is 0 Å². The molecule has 1 heterocycles. The maximum absolute atomic E-state index is 6.24. The van der Waals surface area contributed by atoms with Gasteiger partial charge in [0.05, 0.1) is 5.41 Å². The first-order valence-corrected chi connectivity index (χ1v) is 6.55. The third kappa shape index (κ3) is 2.17. The van der Waals surface area contributed by atoms with Crippen molar-refractivity contribution in [2.75, 3.05) is 7.11 Å². The Morgan fingerprint density at radius 2 is 2.17 bits per heavy atom. The van der Waals surface area contributed by atoms with Gasteiger partial charge in [-0.15, -0.1) is 0 Å². The summed E-state index contributed by atoms with van der Waals surface area (Å²) in [6, 6.07) is 0.0882. The highest BCUT2D eigenvalue weighted by molar-refractivity contribution is 5.11. The predicted molar refractivity (Wildman–Crippen MR) is 68.1 cm³/mol. The largest absolute Gasteiger partial charge is 0.371 e. The van der Waals surface area contributed by atoms with Gasteiger partial charge in [-0.3, -0.25) is 0 Å². The van der Waals surface area contributed by atoms with Crippen LogP contribution >= 0.6 is 0 Å². The second kappa shape index (κ2) is 4.63. The predicted octanol–water partition coefficient (Wildman–Crippen LogP) is 2.11. The van der Waals surface area contributed by atoms with Crippen molar-refractivity contribution in [2.45, 2.75) is 63.5 Å². The Labute approximate surface area is 108 Å². The quantitative estimate of drug-likeness (QED) is 0.893. The number of nitrogens with two attached hydrogens (primary N) is 1. The van der Waals surface area contributed by atoms with Crippen LogP contribution in [-0.2, 0) is 15.8 Å². The highest BCUT2D eigenvalue weighted by Crippen LogP contribution is 2.38. The van der Waals surface area contributed by atoms with Gasteiger partial charge in [0.15, 0.2) is 0 Å². The molecule has 0 bridgehead atoms. The number of hydrogen-bond acceptors (Lipinski definition) is 5. The van der Waals surface area contributed by atoms with Gasteiger partial charge in [0, 0.05) is 13.2 Å². The topological polar surface area (TPSA) is 74.2 Å². The third-order valence-corrected chi connectivity index (χ3v) is 4.24. The van der Waals surface area contributed by atoms with Crippen molar-refractivity contribution >= 4 is 0 Å². The molecule has 0 radical (unpaired) electrons. The van der Waals surface area contributed by atoms with Crippen LogP contribution in [-0.4, -0.2) is 23.3 Å². The lowest BCUT2D eigenvalue weighted by Gasteiger charge is -2.36. The second-order valence-electron chi connectivity index (χ2n) is 5.91. The Bertz CT molecular complexity index is 416. The first kappa shape index (κ1) is 13.5. The molecule has 0 amide bonds. The van der Waals surface area contributed by atoms with Crippen LogP contribution in [0.2, 0.25) is 0 Å². The van der Waals surface area contributed by atoms with Crippen molar-refractivity contribution in [1.82, 2.24) is 10.1 Å². The minimum Gasteiger partial charge on any atom is -0.371 e. The molecule has 0 saturated heterocycles. The Morgan fingerprint density at radius 3 is 2.78 bits per heavy atom. The van der Waals surface area contributed by atoms with Crippen LogP contribution in [0.25, 0.3) is 0 Å². The van der Waals surface area contributed by atoms with E-state index in [1.165, 1.54) is 6.42 Å². The maximum Gasteiger partial charge on any atom is 0.234 e. The summed E-state index contributed by atoms with van der Waals surface area (Å²) in [5.41, 5.74) is 5.51. The molecule has 2 atom stereocenters. The van der Waals surface area contributed by atoms with Crippen molar-refractivity contribution in [1.29, 1.82) is 0 Å². The molecule has 2 unspecified atom stereocenters. The summed E-state index contributed by atoms with van der Waals surface area (Å²) in [4.78, 5) is 4.52. The van der Waals surface area contributed by atoms with E-state index in [0.717, 1.165) is 19.3 Å². The fraction of sp³-hybridized carbons (Fsp3) is 0.846. The minimum atomic E-state index is -0.531. The first-order chi connectivity index (χ1) is 8.40. The number of nitrogens with zero attached hydrogens (tertiary/aromatic N) is 2. The molecule has 5 heteroatoms. The molecule has 0 aromatic carbocycles. The normalized spacial score (nSPS) is 29.5. The van der Waals surface area contributed by atoms with Gasteiger partial charge >= 0.3 is 0 Å². The highest BCUT2D eigenvalue weighted by Gasteiger charge is 2.41. The number of rotatable bonds is 3. The second-order valence-corrected chi connectivity index (χ2v) is 5.91. The SMILES string of the molecule is COC(C)(C)c1noc(C2(C)CCCCC2N)n1. The van der Waals surface area contributed by atoms with Crippen molar-refractivity contribution in [3.63, 3.8) is 0 Å². The molecule has 1 saturated carbocycles. The lowest BCUT2D eigenvalue weighted by molar-refractivity contribution is 0.00973. The summed E-state index contributed by atoms with van der Waals surface area (Å²) >= 11 is 0. The third-order valence-electron chi connectivity index (χ3n) is 4.24. The molecule has 2 rings (SSSR count). The van der Waals surface area contributed by atoms with Crippen LogP contribution in [0.5, 0.6) is 0 Å². The van der Waals surface area contributed by atoms with Gasteiger partial charge in [-0.05, 0) is 33.6 Å². The zero-order valence-electron chi connectivity index (χ0n) is 11.7. The molecule has 102 valence electrons. The lowest BCUT2D eigenvalue weighted by Crippen LogP contribution is -2.45. The Balaban J connectivity index is 2.29. The Kier molecular flexibility index (Phi) is 3.47. The van der Waals surface area contributed by atoms with Gasteiger partial charge in [0.25, 0.3) is 0 Å². The van der Waals surface area contributed by atoms with E-state index in [0.29, 0.717) is 11.7 Å². The molecular weight excluding hydrogens is 230 g/mol. The molecule has 1 aliphatic rings. The molecule has 2 N–H and O–H groups in total. The molecule has 1 aromatic rings. The molecule has 1 aliphatic carbocycles. The van der Waals surface area contributed by atoms with Gasteiger partial charge < -0.3 is 15.0 Å². The molecule has 0 spiro atoms. The van der Waals surface area contributed by atoms with Crippen LogP contribution in [0, 0.1) is 0 Å². The smallest absolute Gasteiger partial charge is 0.234 e. The van der Waals surface area contributed by atoms with E-state index in [4.69, 9.17) is 15.0 Å². The van der Waals surface area contributed by atoms with E-state index in [9.17, 15) is 0 Å². The highest BCUT2D eigenvalue weighted by atomic mass is 16.5. The summed E-state index contributed by atoms with van der Waals surface area (Å²) in [6.07, 6.45) is 4.36. The zero-order chi connectivity index (χ0) is 13.4. The Morgan fingerprint density at radius 1 is 1.44 bits per heavy atom. The van der Waals surface area contributed by atoms with Gasteiger partial charge in [-0.25, -0.2) is 0 Å². The van der Waals surface area contributed by atoms with Crippen molar-refractivity contribution in [3.8, 4) is 0 Å². The van der Waals surface area contributed by atoms with E-state index < -0.39 is 5.60 Å². The van der Waals surface area contributed by atoms with E-state index in [1.54, 1.807) is 7.11 Å². The van der Waals surface area contributed by atoms with Crippen LogP contribution in [0.15, 0.2) is 4.52 Å². The van der Waals surface area contributed by atoms with Crippen LogP contribution in [0.4, 0.5) is 0 Å². The van der Waals surface area contributed by atoms with Gasteiger partial charge in [0.1, 0.15) is 5.60 Å². The number of hydrogen-bond donors (Lipinski definition) is 1. The van der Waals surface area contributed by atoms with Crippen LogP contribution in [0.1, 0.15) is 58.2 Å². The van der Waals surface area contributed by atoms with Crippen molar-refractivity contribution in [3.05, 3.63) is 11.7 Å². The summed E-state index contributed by atoms with van der Waals surface area (Å²) < 4.78 is 10.8. The average Bonchev–Trinajstić information content (AvgIpc) is 2.84. The average molecular weight is 253 g/mol. The van der Waals surface area contributed by atoms with Gasteiger partial charge in [-0.2, -0.15) is 4.98 Å². The van der Waals surface area contributed by atoms with Crippen LogP contribution in [0.3, 0.4) is 0 Å². The fourth-order valence-corrected chi connectivity index (χ4v) is 2.42. The van der Waals surface area contributed by atoms with Crippen molar-refractivity contribution in [2.24, 2.45) is 5.73 Å². The summed E-state index contributed by atoms with van der Waals surface area (Å²) in [5, 5.41) is 4.05. The van der Waals surface area contributed by atoms with Crippen LogP contribution < -0.4 is 5.73 Å². The minimum absolute atomic E-state index is 0.0882.